The molecule has 0 bridgehead atoms. The van der Waals surface area contributed by atoms with E-state index in [9.17, 15) is 10.2 Å². The molecule has 0 aromatic carbocycles. The third-order valence-electron chi connectivity index (χ3n) is 10.2. The first kappa shape index (κ1) is 20.2. The summed E-state index contributed by atoms with van der Waals surface area (Å²) in [5, 5.41) is 19.9. The summed E-state index contributed by atoms with van der Waals surface area (Å²) in [7, 11) is 0. The first-order valence-corrected chi connectivity index (χ1v) is 11.8. The Labute approximate surface area is 166 Å². The monoisotopic (exact) mass is 377 g/mol. The molecule has 0 amide bonds. The molecule has 156 valence electrons. The molecule has 0 radical (unpaired) electrons. The van der Waals surface area contributed by atoms with Gasteiger partial charge in [-0.05, 0) is 112 Å². The first-order valence-electron chi connectivity index (χ1n) is 11.8. The lowest BCUT2D eigenvalue weighted by atomic mass is 9.42. The van der Waals surface area contributed by atoms with E-state index in [1.165, 1.54) is 51.4 Å². The van der Waals surface area contributed by atoms with E-state index in [0.717, 1.165) is 31.6 Å². The molecule has 4 fully saturated rings. The zero-order chi connectivity index (χ0) is 19.4. The third-order valence-corrected chi connectivity index (χ3v) is 10.2. The SMILES string of the molecule is CC(O)CCCC1CCC2C1(C)CCC1C3(C)CCC(O)CC3CCC21N. The Bertz CT molecular complexity index is 550. The molecule has 4 saturated carbocycles. The summed E-state index contributed by atoms with van der Waals surface area (Å²) in [5.74, 6) is 2.78. The number of rotatable bonds is 4. The summed E-state index contributed by atoms with van der Waals surface area (Å²) in [5.41, 5.74) is 8.16. The molecule has 0 heterocycles. The number of aliphatic hydroxyl groups excluding tert-OH is 2. The Morgan fingerprint density at radius 1 is 0.963 bits per heavy atom. The highest BCUT2D eigenvalue weighted by Crippen LogP contribution is 2.68. The van der Waals surface area contributed by atoms with Crippen LogP contribution in [0.25, 0.3) is 0 Å². The van der Waals surface area contributed by atoms with Gasteiger partial charge in [-0.25, -0.2) is 0 Å². The maximum absolute atomic E-state index is 10.2. The van der Waals surface area contributed by atoms with Gasteiger partial charge in [0.05, 0.1) is 12.2 Å². The molecule has 9 unspecified atom stereocenters. The summed E-state index contributed by atoms with van der Waals surface area (Å²) < 4.78 is 0. The average Bonchev–Trinajstić information content (AvgIpc) is 2.93. The van der Waals surface area contributed by atoms with Gasteiger partial charge < -0.3 is 15.9 Å². The molecule has 27 heavy (non-hydrogen) atoms. The van der Waals surface area contributed by atoms with Crippen molar-refractivity contribution in [2.75, 3.05) is 0 Å². The van der Waals surface area contributed by atoms with Gasteiger partial charge in [0.1, 0.15) is 0 Å². The molecule has 0 aliphatic heterocycles. The first-order chi connectivity index (χ1) is 12.7. The van der Waals surface area contributed by atoms with Crippen LogP contribution in [0.5, 0.6) is 0 Å². The van der Waals surface area contributed by atoms with E-state index in [-0.39, 0.29) is 17.7 Å². The van der Waals surface area contributed by atoms with Crippen molar-refractivity contribution in [2.24, 2.45) is 40.2 Å². The molecular formula is C24H43NO2. The van der Waals surface area contributed by atoms with Crippen LogP contribution in [0.15, 0.2) is 0 Å². The zero-order valence-corrected chi connectivity index (χ0v) is 17.9. The number of aliphatic hydroxyl groups is 2. The summed E-state index contributed by atoms with van der Waals surface area (Å²) >= 11 is 0. The number of hydrogen-bond acceptors (Lipinski definition) is 3. The standard InChI is InChI=1S/C24H43NO2/c1-16(26)5-4-6-17-7-8-20-22(17,2)13-11-21-23(3)12-10-19(27)15-18(23)9-14-24(20,21)25/h16-21,26-27H,4-15,25H2,1-3H3. The number of fused-ring (bicyclic) bond motifs is 5. The molecule has 3 nitrogen and oxygen atoms in total. The van der Waals surface area contributed by atoms with Gasteiger partial charge >= 0.3 is 0 Å². The molecule has 4 rings (SSSR count). The van der Waals surface area contributed by atoms with Crippen LogP contribution < -0.4 is 5.73 Å². The Morgan fingerprint density at radius 2 is 1.67 bits per heavy atom. The second-order valence-electron chi connectivity index (χ2n) is 11.5. The Hall–Kier alpha value is -0.120. The van der Waals surface area contributed by atoms with Crippen LogP contribution in [-0.2, 0) is 0 Å². The molecule has 0 saturated heterocycles. The lowest BCUT2D eigenvalue weighted by molar-refractivity contribution is -0.139. The van der Waals surface area contributed by atoms with Crippen molar-refractivity contribution < 1.29 is 10.2 Å². The minimum atomic E-state index is -0.163. The molecule has 4 aliphatic rings. The largest absolute Gasteiger partial charge is 0.393 e. The number of hydrogen-bond donors (Lipinski definition) is 3. The summed E-state index contributed by atoms with van der Waals surface area (Å²) in [4.78, 5) is 0. The third kappa shape index (κ3) is 3.11. The van der Waals surface area contributed by atoms with E-state index in [1.807, 2.05) is 6.92 Å². The van der Waals surface area contributed by atoms with Crippen molar-refractivity contribution in [3.05, 3.63) is 0 Å². The van der Waals surface area contributed by atoms with E-state index >= 15 is 0 Å². The minimum Gasteiger partial charge on any atom is -0.393 e. The van der Waals surface area contributed by atoms with Gasteiger partial charge in [-0.15, -0.1) is 0 Å². The quantitative estimate of drug-likeness (QED) is 0.669. The van der Waals surface area contributed by atoms with Gasteiger partial charge in [-0.1, -0.05) is 20.3 Å². The molecule has 4 N–H and O–H groups in total. The fourth-order valence-corrected chi connectivity index (χ4v) is 8.69. The number of nitrogens with two attached hydrogens (primary N) is 1. The summed E-state index contributed by atoms with van der Waals surface area (Å²) in [6, 6.07) is 0. The second-order valence-corrected chi connectivity index (χ2v) is 11.5. The smallest absolute Gasteiger partial charge is 0.0543 e. The Balaban J connectivity index is 1.53. The highest BCUT2D eigenvalue weighted by molar-refractivity contribution is 5.18. The second kappa shape index (κ2) is 6.99. The lowest BCUT2D eigenvalue weighted by Crippen LogP contribution is -2.68. The Kier molecular flexibility index (Phi) is 5.22. The van der Waals surface area contributed by atoms with E-state index in [0.29, 0.717) is 28.6 Å². The van der Waals surface area contributed by atoms with Gasteiger partial charge in [-0.3, -0.25) is 0 Å². The van der Waals surface area contributed by atoms with E-state index in [1.54, 1.807) is 0 Å². The predicted octanol–water partition coefficient (Wildman–Crippen LogP) is 4.64. The molecule has 0 spiro atoms. The van der Waals surface area contributed by atoms with Crippen LogP contribution in [0.4, 0.5) is 0 Å². The summed E-state index contributed by atoms with van der Waals surface area (Å²) in [6.45, 7) is 6.99. The molecule has 0 aromatic heterocycles. The Morgan fingerprint density at radius 3 is 2.41 bits per heavy atom. The van der Waals surface area contributed by atoms with Crippen molar-refractivity contribution in [1.29, 1.82) is 0 Å². The lowest BCUT2D eigenvalue weighted by Gasteiger charge is -2.65. The summed E-state index contributed by atoms with van der Waals surface area (Å²) in [6.07, 6.45) is 14.0. The van der Waals surface area contributed by atoms with Crippen molar-refractivity contribution in [3.8, 4) is 0 Å². The molecule has 3 heteroatoms. The van der Waals surface area contributed by atoms with Crippen molar-refractivity contribution in [2.45, 2.75) is 116 Å². The van der Waals surface area contributed by atoms with Crippen LogP contribution in [0.3, 0.4) is 0 Å². The van der Waals surface area contributed by atoms with E-state index in [4.69, 9.17) is 5.73 Å². The van der Waals surface area contributed by atoms with Crippen LogP contribution >= 0.6 is 0 Å². The zero-order valence-electron chi connectivity index (χ0n) is 17.9. The average molecular weight is 378 g/mol. The van der Waals surface area contributed by atoms with Crippen LogP contribution in [-0.4, -0.2) is 28.0 Å². The normalized spacial score (nSPS) is 53.3. The van der Waals surface area contributed by atoms with Gasteiger partial charge in [0.25, 0.3) is 0 Å². The van der Waals surface area contributed by atoms with Crippen molar-refractivity contribution in [3.63, 3.8) is 0 Å². The molecule has 9 atom stereocenters. The predicted molar refractivity (Wildman–Crippen MR) is 110 cm³/mol. The molecule has 4 aliphatic carbocycles. The highest BCUT2D eigenvalue weighted by Gasteiger charge is 2.65. The van der Waals surface area contributed by atoms with Gasteiger partial charge in [0.2, 0.25) is 0 Å². The van der Waals surface area contributed by atoms with Gasteiger partial charge in [0.15, 0.2) is 0 Å². The van der Waals surface area contributed by atoms with E-state index in [2.05, 4.69) is 13.8 Å². The molecule has 0 aromatic rings. The minimum absolute atomic E-state index is 0.0135. The van der Waals surface area contributed by atoms with Crippen molar-refractivity contribution >= 4 is 0 Å². The maximum atomic E-state index is 10.2. The van der Waals surface area contributed by atoms with Gasteiger partial charge in [0, 0.05) is 5.54 Å². The topological polar surface area (TPSA) is 66.5 Å². The van der Waals surface area contributed by atoms with Gasteiger partial charge in [-0.2, -0.15) is 0 Å². The van der Waals surface area contributed by atoms with E-state index < -0.39 is 0 Å². The highest BCUT2D eigenvalue weighted by atomic mass is 16.3. The van der Waals surface area contributed by atoms with Crippen molar-refractivity contribution in [1.82, 2.24) is 0 Å². The van der Waals surface area contributed by atoms with Crippen LogP contribution in [0.1, 0.15) is 97.8 Å². The maximum Gasteiger partial charge on any atom is 0.0543 e. The molecular weight excluding hydrogens is 334 g/mol. The fourth-order valence-electron chi connectivity index (χ4n) is 8.69. The van der Waals surface area contributed by atoms with Crippen LogP contribution in [0.2, 0.25) is 0 Å². The van der Waals surface area contributed by atoms with Crippen LogP contribution in [0, 0.1) is 34.5 Å². The fraction of sp³-hybridized carbons (Fsp3) is 1.00.